The van der Waals surface area contributed by atoms with Crippen molar-refractivity contribution in [3.05, 3.63) is 32.7 Å². The first-order chi connectivity index (χ1) is 9.45. The van der Waals surface area contributed by atoms with Crippen molar-refractivity contribution >= 4 is 43.7 Å². The van der Waals surface area contributed by atoms with Gasteiger partial charge in [0.15, 0.2) is 6.10 Å². The van der Waals surface area contributed by atoms with Crippen LogP contribution in [0.3, 0.4) is 0 Å². The lowest BCUT2D eigenvalue weighted by Crippen LogP contribution is -2.51. The van der Waals surface area contributed by atoms with Crippen LogP contribution in [0.5, 0.6) is 0 Å². The van der Waals surface area contributed by atoms with E-state index in [0.717, 1.165) is 14.5 Å². The number of morpholine rings is 1. The Labute approximate surface area is 133 Å². The summed E-state index contributed by atoms with van der Waals surface area (Å²) in [5.41, 5.74) is 0.724. The van der Waals surface area contributed by atoms with Crippen LogP contribution in [0, 0.1) is 0 Å². The molecule has 1 aliphatic heterocycles. The molecular weight excluding hydrogens is 394 g/mol. The maximum Gasteiger partial charge on any atom is 0.335 e. The minimum absolute atomic E-state index is 0.195. The largest absolute Gasteiger partial charge is 0.479 e. The summed E-state index contributed by atoms with van der Waals surface area (Å²) in [5.74, 6) is -1.27. The van der Waals surface area contributed by atoms with E-state index in [1.54, 1.807) is 12.1 Å². The number of benzene rings is 1. The molecule has 2 rings (SSSR count). The molecular formula is C13H13Br2NO4. The van der Waals surface area contributed by atoms with Gasteiger partial charge in [-0.2, -0.15) is 0 Å². The number of carboxylic acids is 1. The molecule has 2 unspecified atom stereocenters. The van der Waals surface area contributed by atoms with E-state index in [2.05, 4.69) is 31.9 Å². The Balaban J connectivity index is 2.46. The second-order valence-corrected chi connectivity index (χ2v) is 6.08. The van der Waals surface area contributed by atoms with Crippen molar-refractivity contribution in [3.63, 3.8) is 0 Å². The van der Waals surface area contributed by atoms with E-state index < -0.39 is 18.1 Å². The van der Waals surface area contributed by atoms with E-state index in [0.29, 0.717) is 6.54 Å². The summed E-state index contributed by atoms with van der Waals surface area (Å²) in [6.45, 7) is 2.06. The lowest BCUT2D eigenvalue weighted by molar-refractivity contribution is -0.172. The van der Waals surface area contributed by atoms with Crippen molar-refractivity contribution in [2.24, 2.45) is 0 Å². The number of hydrogen-bond acceptors (Lipinski definition) is 3. The fourth-order valence-corrected chi connectivity index (χ4v) is 2.93. The van der Waals surface area contributed by atoms with Crippen molar-refractivity contribution in [1.29, 1.82) is 0 Å². The smallest absolute Gasteiger partial charge is 0.335 e. The maximum atomic E-state index is 11.9. The number of carboxylic acid groups (broad SMARTS) is 1. The number of nitrogens with zero attached hydrogens (tertiary/aromatic N) is 1. The van der Waals surface area contributed by atoms with Crippen molar-refractivity contribution in [2.75, 3.05) is 13.2 Å². The number of hydrogen-bond donors (Lipinski definition) is 1. The Morgan fingerprint density at radius 3 is 2.70 bits per heavy atom. The van der Waals surface area contributed by atoms with Crippen LogP contribution in [-0.2, 0) is 14.3 Å². The number of halogens is 2. The van der Waals surface area contributed by atoms with Gasteiger partial charge in [0, 0.05) is 15.5 Å². The highest BCUT2D eigenvalue weighted by atomic mass is 79.9. The van der Waals surface area contributed by atoms with Gasteiger partial charge in [0.2, 0.25) is 5.91 Å². The number of amides is 1. The molecule has 0 bridgehead atoms. The van der Waals surface area contributed by atoms with Crippen LogP contribution in [0.2, 0.25) is 0 Å². The van der Waals surface area contributed by atoms with Gasteiger partial charge in [-0.15, -0.1) is 0 Å². The van der Waals surface area contributed by atoms with Crippen molar-refractivity contribution < 1.29 is 19.4 Å². The summed E-state index contributed by atoms with van der Waals surface area (Å²) < 4.78 is 6.86. The van der Waals surface area contributed by atoms with Crippen LogP contribution >= 0.6 is 31.9 Å². The molecule has 1 aromatic rings. The van der Waals surface area contributed by atoms with Crippen molar-refractivity contribution in [1.82, 2.24) is 4.90 Å². The highest BCUT2D eigenvalue weighted by Gasteiger charge is 2.41. The zero-order valence-corrected chi connectivity index (χ0v) is 13.8. The summed E-state index contributed by atoms with van der Waals surface area (Å²) in [4.78, 5) is 24.8. The molecule has 7 heteroatoms. The minimum atomic E-state index is -1.07. The molecule has 20 heavy (non-hydrogen) atoms. The van der Waals surface area contributed by atoms with E-state index in [-0.39, 0.29) is 12.5 Å². The van der Waals surface area contributed by atoms with Crippen LogP contribution in [0.4, 0.5) is 0 Å². The van der Waals surface area contributed by atoms with Crippen LogP contribution in [0.15, 0.2) is 27.1 Å². The second-order valence-electron chi connectivity index (χ2n) is 4.37. The molecule has 0 saturated carbocycles. The summed E-state index contributed by atoms with van der Waals surface area (Å²) in [7, 11) is 0. The monoisotopic (exact) mass is 405 g/mol. The number of likely N-dealkylation sites (N-methyl/N-ethyl adjacent to an activating group) is 1. The van der Waals surface area contributed by atoms with Gasteiger partial charge in [-0.05, 0) is 56.5 Å². The predicted molar refractivity (Wildman–Crippen MR) is 79.3 cm³/mol. The summed E-state index contributed by atoms with van der Waals surface area (Å²) in [5, 5.41) is 9.31. The lowest BCUT2D eigenvalue weighted by atomic mass is 9.98. The molecule has 1 heterocycles. The molecule has 2 atom stereocenters. The van der Waals surface area contributed by atoms with E-state index in [1.165, 1.54) is 4.90 Å². The van der Waals surface area contributed by atoms with Gasteiger partial charge in [-0.25, -0.2) is 4.79 Å². The average Bonchev–Trinajstić information content (AvgIpc) is 2.41. The van der Waals surface area contributed by atoms with Crippen molar-refractivity contribution in [3.8, 4) is 0 Å². The molecule has 1 fully saturated rings. The van der Waals surface area contributed by atoms with E-state index in [9.17, 15) is 14.7 Å². The molecule has 5 nitrogen and oxygen atoms in total. The fourth-order valence-electron chi connectivity index (χ4n) is 2.28. The van der Waals surface area contributed by atoms with Crippen LogP contribution in [0.25, 0.3) is 0 Å². The van der Waals surface area contributed by atoms with Gasteiger partial charge in [-0.1, -0.05) is 6.07 Å². The third-order valence-electron chi connectivity index (χ3n) is 3.20. The predicted octanol–water partition coefficient (Wildman–Crippen LogP) is 2.58. The molecule has 0 spiro atoms. The van der Waals surface area contributed by atoms with Gasteiger partial charge in [-0.3, -0.25) is 4.79 Å². The Morgan fingerprint density at radius 2 is 2.15 bits per heavy atom. The van der Waals surface area contributed by atoms with Crippen LogP contribution in [-0.4, -0.2) is 41.1 Å². The third-order valence-corrected chi connectivity index (χ3v) is 5.08. The highest BCUT2D eigenvalue weighted by molar-refractivity contribution is 9.13. The zero-order valence-electron chi connectivity index (χ0n) is 10.7. The molecule has 1 N–H and O–H groups in total. The normalized spacial score (nSPS) is 22.9. The first kappa shape index (κ1) is 15.5. The van der Waals surface area contributed by atoms with Crippen LogP contribution in [0.1, 0.15) is 18.5 Å². The molecule has 0 aliphatic carbocycles. The standard InChI is InChI=1S/C13H13Br2NO4/c1-2-16-10(17)6-20-12(13(18)19)11(16)7-3-4-8(14)9(15)5-7/h3-5,11-12H,2,6H2,1H3,(H,18,19). The Morgan fingerprint density at radius 1 is 1.45 bits per heavy atom. The van der Waals surface area contributed by atoms with Crippen molar-refractivity contribution in [2.45, 2.75) is 19.1 Å². The topological polar surface area (TPSA) is 66.8 Å². The maximum absolute atomic E-state index is 11.9. The number of rotatable bonds is 3. The van der Waals surface area contributed by atoms with Gasteiger partial charge in [0.1, 0.15) is 6.61 Å². The van der Waals surface area contributed by atoms with Gasteiger partial charge in [0.25, 0.3) is 0 Å². The highest BCUT2D eigenvalue weighted by Crippen LogP contribution is 2.34. The number of ether oxygens (including phenoxy) is 1. The molecule has 1 aromatic carbocycles. The Bertz CT molecular complexity index is 547. The summed E-state index contributed by atoms with van der Waals surface area (Å²) in [6, 6.07) is 4.78. The zero-order chi connectivity index (χ0) is 14.9. The van der Waals surface area contributed by atoms with Gasteiger partial charge >= 0.3 is 5.97 Å². The SMILES string of the molecule is CCN1C(=O)COC(C(=O)O)C1c1ccc(Br)c(Br)c1. The van der Waals surface area contributed by atoms with Gasteiger partial charge < -0.3 is 14.7 Å². The molecule has 108 valence electrons. The number of aliphatic carboxylic acids is 1. The Hall–Kier alpha value is -0.920. The summed E-state index contributed by atoms with van der Waals surface area (Å²) >= 11 is 6.75. The molecule has 0 aromatic heterocycles. The van der Waals surface area contributed by atoms with E-state index >= 15 is 0 Å². The fraction of sp³-hybridized carbons (Fsp3) is 0.385. The van der Waals surface area contributed by atoms with E-state index in [1.807, 2.05) is 13.0 Å². The first-order valence-corrected chi connectivity index (χ1v) is 7.63. The third kappa shape index (κ3) is 2.89. The Kier molecular flexibility index (Phi) is 4.82. The molecule has 1 amide bonds. The summed E-state index contributed by atoms with van der Waals surface area (Å²) in [6.07, 6.45) is -1.05. The van der Waals surface area contributed by atoms with Crippen LogP contribution < -0.4 is 0 Å². The van der Waals surface area contributed by atoms with E-state index in [4.69, 9.17) is 4.74 Å². The average molecular weight is 407 g/mol. The second kappa shape index (κ2) is 6.24. The number of carbonyl (C=O) groups is 2. The quantitative estimate of drug-likeness (QED) is 0.837. The van der Waals surface area contributed by atoms with Gasteiger partial charge in [0.05, 0.1) is 6.04 Å². The number of carbonyl (C=O) groups excluding carboxylic acids is 1. The molecule has 0 radical (unpaired) electrons. The molecule has 1 aliphatic rings. The molecule has 1 saturated heterocycles. The lowest BCUT2D eigenvalue weighted by Gasteiger charge is -2.39. The first-order valence-electron chi connectivity index (χ1n) is 6.04. The minimum Gasteiger partial charge on any atom is -0.479 e.